The van der Waals surface area contributed by atoms with Crippen molar-refractivity contribution in [1.29, 1.82) is 0 Å². The van der Waals surface area contributed by atoms with Crippen molar-refractivity contribution < 1.29 is 9.21 Å². The highest BCUT2D eigenvalue weighted by atomic mass is 35.5. The van der Waals surface area contributed by atoms with Crippen molar-refractivity contribution in [3.63, 3.8) is 0 Å². The van der Waals surface area contributed by atoms with E-state index >= 15 is 0 Å². The Morgan fingerprint density at radius 2 is 1.80 bits per heavy atom. The smallest absolute Gasteiger partial charge is 0.290 e. The molecule has 0 spiro atoms. The van der Waals surface area contributed by atoms with Crippen LogP contribution in [-0.2, 0) is 0 Å². The SMILES string of the molecule is CCCCCN1C(=O)c2oc3c(C)cc(C)cc3c(=O)c2C1c1ccc(Cl)c(Cl)c1. The molecule has 3 aromatic rings. The fourth-order valence-electron chi connectivity index (χ4n) is 4.27. The largest absolute Gasteiger partial charge is 0.450 e. The minimum Gasteiger partial charge on any atom is -0.450 e. The third kappa shape index (κ3) is 3.42. The van der Waals surface area contributed by atoms with Gasteiger partial charge in [0.1, 0.15) is 5.58 Å². The van der Waals surface area contributed by atoms with Gasteiger partial charge in [0.05, 0.1) is 27.0 Å². The minimum atomic E-state index is -0.541. The number of halogens is 2. The van der Waals surface area contributed by atoms with Gasteiger partial charge in [0.25, 0.3) is 5.91 Å². The van der Waals surface area contributed by atoms with E-state index in [9.17, 15) is 9.59 Å². The molecule has 0 bridgehead atoms. The molecule has 0 fully saturated rings. The average Bonchev–Trinajstić information content (AvgIpc) is 2.98. The van der Waals surface area contributed by atoms with Gasteiger partial charge in [0.2, 0.25) is 5.76 Å². The van der Waals surface area contributed by atoms with Crippen LogP contribution >= 0.6 is 23.2 Å². The first kappa shape index (κ1) is 21.0. The Bertz CT molecular complexity index is 1220. The van der Waals surface area contributed by atoms with Crippen LogP contribution in [0.25, 0.3) is 11.0 Å². The van der Waals surface area contributed by atoms with E-state index in [4.69, 9.17) is 27.6 Å². The first-order valence-corrected chi connectivity index (χ1v) is 10.9. The van der Waals surface area contributed by atoms with E-state index in [1.807, 2.05) is 32.0 Å². The maximum atomic E-state index is 13.6. The van der Waals surface area contributed by atoms with E-state index in [1.165, 1.54) is 0 Å². The zero-order chi connectivity index (χ0) is 21.6. The molecule has 1 aliphatic heterocycles. The summed E-state index contributed by atoms with van der Waals surface area (Å²) in [5, 5.41) is 1.32. The number of unbranched alkanes of at least 4 members (excludes halogenated alkanes) is 2. The van der Waals surface area contributed by atoms with Gasteiger partial charge < -0.3 is 9.32 Å². The lowest BCUT2D eigenvalue weighted by Gasteiger charge is -2.25. The predicted octanol–water partition coefficient (Wildman–Crippen LogP) is 6.45. The van der Waals surface area contributed by atoms with Gasteiger partial charge in [-0.1, -0.05) is 55.1 Å². The molecular formula is C24H23Cl2NO3. The fourth-order valence-corrected chi connectivity index (χ4v) is 4.57. The standard InChI is InChI=1S/C24H23Cl2NO3/c1-4-5-6-9-27-20(15-7-8-17(25)18(26)12-15)19-21(28)16-11-13(2)10-14(3)22(16)30-23(19)24(27)29/h7-8,10-12,20H,4-6,9H2,1-3H3. The normalized spacial score (nSPS) is 15.8. The Hall–Kier alpha value is -2.30. The topological polar surface area (TPSA) is 50.5 Å². The van der Waals surface area contributed by atoms with Crippen LogP contribution in [0, 0.1) is 13.8 Å². The summed E-state index contributed by atoms with van der Waals surface area (Å²) in [4.78, 5) is 28.6. The summed E-state index contributed by atoms with van der Waals surface area (Å²) in [5.74, 6) is -0.122. The van der Waals surface area contributed by atoms with Crippen LogP contribution in [-0.4, -0.2) is 17.4 Å². The van der Waals surface area contributed by atoms with Gasteiger partial charge in [-0.2, -0.15) is 0 Å². The quantitative estimate of drug-likeness (QED) is 0.425. The molecule has 0 N–H and O–H groups in total. The molecule has 1 aliphatic rings. The first-order valence-electron chi connectivity index (χ1n) is 10.2. The molecule has 1 unspecified atom stereocenters. The van der Waals surface area contributed by atoms with Crippen LogP contribution < -0.4 is 5.43 Å². The lowest BCUT2D eigenvalue weighted by molar-refractivity contribution is 0.0724. The predicted molar refractivity (Wildman–Crippen MR) is 121 cm³/mol. The first-order chi connectivity index (χ1) is 14.3. The number of carbonyl (C=O) groups excluding carboxylic acids is 1. The number of hydrogen-bond donors (Lipinski definition) is 0. The molecule has 1 amide bonds. The number of aryl methyl sites for hydroxylation is 2. The summed E-state index contributed by atoms with van der Waals surface area (Å²) >= 11 is 12.4. The van der Waals surface area contributed by atoms with Crippen molar-refractivity contribution in [3.8, 4) is 0 Å². The Balaban J connectivity index is 1.96. The summed E-state index contributed by atoms with van der Waals surface area (Å²) in [6, 6.07) is 8.48. The highest BCUT2D eigenvalue weighted by Gasteiger charge is 2.42. The Labute approximate surface area is 185 Å². The second-order valence-corrected chi connectivity index (χ2v) is 8.73. The number of benzene rings is 2. The highest BCUT2D eigenvalue weighted by Crippen LogP contribution is 2.40. The van der Waals surface area contributed by atoms with Crippen LogP contribution in [0.4, 0.5) is 0 Å². The summed E-state index contributed by atoms with van der Waals surface area (Å²) < 4.78 is 6.08. The maximum Gasteiger partial charge on any atom is 0.290 e. The van der Waals surface area contributed by atoms with Gasteiger partial charge in [-0.15, -0.1) is 0 Å². The molecule has 30 heavy (non-hydrogen) atoms. The lowest BCUT2D eigenvalue weighted by atomic mass is 9.97. The summed E-state index contributed by atoms with van der Waals surface area (Å²) in [6.07, 6.45) is 2.88. The third-order valence-electron chi connectivity index (χ3n) is 5.66. The maximum absolute atomic E-state index is 13.6. The number of carbonyl (C=O) groups is 1. The molecule has 6 heteroatoms. The Morgan fingerprint density at radius 3 is 2.50 bits per heavy atom. The zero-order valence-corrected chi connectivity index (χ0v) is 18.7. The van der Waals surface area contributed by atoms with Crippen molar-refractivity contribution >= 4 is 40.1 Å². The molecular weight excluding hydrogens is 421 g/mol. The van der Waals surface area contributed by atoms with E-state index in [0.29, 0.717) is 33.1 Å². The van der Waals surface area contributed by atoms with Gasteiger partial charge in [-0.05, 0) is 55.2 Å². The molecule has 2 aromatic carbocycles. The monoisotopic (exact) mass is 443 g/mol. The molecule has 4 nitrogen and oxygen atoms in total. The summed E-state index contributed by atoms with van der Waals surface area (Å²) in [6.45, 7) is 6.48. The summed E-state index contributed by atoms with van der Waals surface area (Å²) in [5.41, 5.74) is 3.26. The van der Waals surface area contributed by atoms with E-state index in [0.717, 1.165) is 36.0 Å². The number of hydrogen-bond acceptors (Lipinski definition) is 3. The molecule has 4 rings (SSSR count). The molecule has 0 saturated carbocycles. The minimum absolute atomic E-state index is 0.132. The van der Waals surface area contributed by atoms with Gasteiger partial charge in [-0.25, -0.2) is 0 Å². The molecule has 2 heterocycles. The number of rotatable bonds is 5. The van der Waals surface area contributed by atoms with E-state index in [-0.39, 0.29) is 17.1 Å². The van der Waals surface area contributed by atoms with Gasteiger partial charge in [-0.3, -0.25) is 9.59 Å². The molecule has 1 atom stereocenters. The molecule has 1 aromatic heterocycles. The van der Waals surface area contributed by atoms with Gasteiger partial charge >= 0.3 is 0 Å². The van der Waals surface area contributed by atoms with Crippen LogP contribution in [0.5, 0.6) is 0 Å². The van der Waals surface area contributed by atoms with Crippen molar-refractivity contribution in [2.75, 3.05) is 6.54 Å². The highest BCUT2D eigenvalue weighted by molar-refractivity contribution is 6.42. The van der Waals surface area contributed by atoms with Crippen molar-refractivity contribution in [2.45, 2.75) is 46.1 Å². The number of fused-ring (bicyclic) bond motifs is 2. The summed E-state index contributed by atoms with van der Waals surface area (Å²) in [7, 11) is 0. The number of nitrogens with zero attached hydrogens (tertiary/aromatic N) is 1. The second kappa shape index (κ2) is 8.09. The Morgan fingerprint density at radius 1 is 1.03 bits per heavy atom. The lowest BCUT2D eigenvalue weighted by Crippen LogP contribution is -2.30. The third-order valence-corrected chi connectivity index (χ3v) is 6.40. The van der Waals surface area contributed by atoms with Crippen molar-refractivity contribution in [1.82, 2.24) is 4.90 Å². The molecule has 0 aliphatic carbocycles. The average molecular weight is 444 g/mol. The van der Waals surface area contributed by atoms with Gasteiger partial charge in [0, 0.05) is 6.54 Å². The van der Waals surface area contributed by atoms with Crippen LogP contribution in [0.2, 0.25) is 10.0 Å². The molecule has 0 radical (unpaired) electrons. The van der Waals surface area contributed by atoms with Crippen molar-refractivity contribution in [2.24, 2.45) is 0 Å². The zero-order valence-electron chi connectivity index (χ0n) is 17.2. The van der Waals surface area contributed by atoms with E-state index in [2.05, 4.69) is 6.92 Å². The van der Waals surface area contributed by atoms with Gasteiger partial charge in [0.15, 0.2) is 5.43 Å². The van der Waals surface area contributed by atoms with Crippen LogP contribution in [0.3, 0.4) is 0 Å². The fraction of sp³-hybridized carbons (Fsp3) is 0.333. The van der Waals surface area contributed by atoms with Crippen LogP contribution in [0.15, 0.2) is 39.5 Å². The Kier molecular flexibility index (Phi) is 5.65. The van der Waals surface area contributed by atoms with Crippen molar-refractivity contribution in [3.05, 3.63) is 78.6 Å². The second-order valence-electron chi connectivity index (χ2n) is 7.91. The number of amides is 1. The molecule has 156 valence electrons. The van der Waals surface area contributed by atoms with E-state index < -0.39 is 6.04 Å². The van der Waals surface area contributed by atoms with Crippen LogP contribution in [0.1, 0.15) is 65.0 Å². The molecule has 0 saturated heterocycles. The van der Waals surface area contributed by atoms with E-state index in [1.54, 1.807) is 17.0 Å².